The first kappa shape index (κ1) is 20.0. The van der Waals surface area contributed by atoms with Crippen LogP contribution in [-0.4, -0.2) is 33.6 Å². The molecule has 0 aliphatic heterocycles. The molecule has 3 aromatic rings. The molecular formula is C18H23N3O2SV. The van der Waals surface area contributed by atoms with Crippen LogP contribution in [0.5, 0.6) is 0 Å². The van der Waals surface area contributed by atoms with E-state index >= 15 is 0 Å². The van der Waals surface area contributed by atoms with Crippen LogP contribution in [0.4, 0.5) is 5.69 Å². The van der Waals surface area contributed by atoms with Crippen LogP contribution in [0.25, 0.3) is 21.5 Å². The second kappa shape index (κ2) is 8.87. The SMILES string of the molecule is CO.Nc1ccc(-c2[nH]nc3c(C4CCC(O)CC4)csc23)cc1.[V]. The summed E-state index contributed by atoms with van der Waals surface area (Å²) in [5, 5.41) is 26.7. The molecule has 1 fully saturated rings. The predicted molar refractivity (Wildman–Crippen MR) is 99.2 cm³/mol. The first-order valence-corrected chi connectivity index (χ1v) is 9.04. The summed E-state index contributed by atoms with van der Waals surface area (Å²) in [7, 11) is 1.00. The van der Waals surface area contributed by atoms with Crippen molar-refractivity contribution in [3.63, 3.8) is 0 Å². The molecule has 1 radical (unpaired) electrons. The van der Waals surface area contributed by atoms with Gasteiger partial charge in [0.2, 0.25) is 0 Å². The van der Waals surface area contributed by atoms with Gasteiger partial charge in [-0.1, -0.05) is 12.1 Å². The summed E-state index contributed by atoms with van der Waals surface area (Å²) in [6.45, 7) is 0. The summed E-state index contributed by atoms with van der Waals surface area (Å²) >= 11 is 1.75. The topological polar surface area (TPSA) is 95.2 Å². The first-order valence-electron chi connectivity index (χ1n) is 8.16. The summed E-state index contributed by atoms with van der Waals surface area (Å²) in [5.74, 6) is 0.528. The number of hydrogen-bond donors (Lipinski definition) is 4. The van der Waals surface area contributed by atoms with Crippen LogP contribution in [0.3, 0.4) is 0 Å². The Bertz CT molecular complexity index is 792. The average Bonchev–Trinajstić information content (AvgIpc) is 3.20. The molecule has 1 aliphatic carbocycles. The number of thiophene rings is 1. The van der Waals surface area contributed by atoms with E-state index in [2.05, 4.69) is 15.6 Å². The zero-order chi connectivity index (χ0) is 17.1. The number of fused-ring (bicyclic) bond motifs is 1. The molecule has 4 rings (SSSR count). The fourth-order valence-electron chi connectivity index (χ4n) is 3.34. The van der Waals surface area contributed by atoms with Gasteiger partial charge in [-0.25, -0.2) is 0 Å². The van der Waals surface area contributed by atoms with Gasteiger partial charge in [0.15, 0.2) is 0 Å². The number of H-pyrrole nitrogens is 1. The Balaban J connectivity index is 0.000000726. The molecule has 0 saturated heterocycles. The molecule has 0 atom stereocenters. The zero-order valence-electron chi connectivity index (χ0n) is 14.1. The van der Waals surface area contributed by atoms with Gasteiger partial charge >= 0.3 is 0 Å². The number of aliphatic hydroxyl groups excluding tert-OH is 2. The zero-order valence-corrected chi connectivity index (χ0v) is 16.4. The van der Waals surface area contributed by atoms with Crippen LogP contribution >= 0.6 is 11.3 Å². The van der Waals surface area contributed by atoms with Crippen molar-refractivity contribution in [2.45, 2.75) is 37.7 Å². The minimum absolute atomic E-state index is 0. The molecule has 0 bridgehead atoms. The number of rotatable bonds is 2. The van der Waals surface area contributed by atoms with Gasteiger partial charge in [-0.2, -0.15) is 5.10 Å². The van der Waals surface area contributed by atoms with Crippen molar-refractivity contribution >= 4 is 27.2 Å². The minimum atomic E-state index is -0.116. The molecule has 5 nitrogen and oxygen atoms in total. The quantitative estimate of drug-likeness (QED) is 0.499. The number of nitrogen functional groups attached to an aromatic ring is 1. The van der Waals surface area contributed by atoms with Gasteiger partial charge in [-0.3, -0.25) is 5.10 Å². The van der Waals surface area contributed by atoms with Crippen molar-refractivity contribution in [2.24, 2.45) is 0 Å². The van der Waals surface area contributed by atoms with Crippen LogP contribution in [0.1, 0.15) is 37.2 Å². The number of aliphatic hydroxyl groups is 2. The van der Waals surface area contributed by atoms with Crippen LogP contribution in [0, 0.1) is 0 Å². The number of anilines is 1. The first-order chi connectivity index (χ1) is 11.7. The van der Waals surface area contributed by atoms with Crippen molar-refractivity contribution in [2.75, 3.05) is 12.8 Å². The van der Waals surface area contributed by atoms with Crippen molar-refractivity contribution < 1.29 is 28.8 Å². The summed E-state index contributed by atoms with van der Waals surface area (Å²) in [4.78, 5) is 0. The van der Waals surface area contributed by atoms with E-state index in [4.69, 9.17) is 10.8 Å². The maximum atomic E-state index is 9.68. The summed E-state index contributed by atoms with van der Waals surface area (Å²) in [6, 6.07) is 7.88. The van der Waals surface area contributed by atoms with Gasteiger partial charge in [0.1, 0.15) is 5.52 Å². The molecule has 2 aromatic heterocycles. The third-order valence-electron chi connectivity index (χ3n) is 4.63. The summed E-state index contributed by atoms with van der Waals surface area (Å²) in [5.41, 5.74) is 11.2. The van der Waals surface area contributed by atoms with E-state index < -0.39 is 0 Å². The van der Waals surface area contributed by atoms with Crippen molar-refractivity contribution in [3.05, 3.63) is 35.2 Å². The Morgan fingerprint density at radius 2 is 1.76 bits per heavy atom. The Kier molecular flexibility index (Phi) is 7.10. The second-order valence-corrected chi connectivity index (χ2v) is 6.97. The number of aromatic amines is 1. The number of nitrogens with one attached hydrogen (secondary N) is 1. The van der Waals surface area contributed by atoms with E-state index in [0.717, 1.165) is 55.3 Å². The van der Waals surface area contributed by atoms with E-state index in [1.165, 1.54) is 10.3 Å². The van der Waals surface area contributed by atoms with Gasteiger partial charge in [-0.15, -0.1) is 11.3 Å². The van der Waals surface area contributed by atoms with Gasteiger partial charge in [0.05, 0.1) is 16.5 Å². The smallest absolute Gasteiger partial charge is 0.107 e. The monoisotopic (exact) mass is 396 g/mol. The van der Waals surface area contributed by atoms with E-state index in [-0.39, 0.29) is 24.7 Å². The van der Waals surface area contributed by atoms with E-state index in [1.54, 1.807) is 11.3 Å². The van der Waals surface area contributed by atoms with Crippen LogP contribution < -0.4 is 5.73 Å². The van der Waals surface area contributed by atoms with Gasteiger partial charge in [-0.05, 0) is 54.7 Å². The minimum Gasteiger partial charge on any atom is -0.400 e. The van der Waals surface area contributed by atoms with Crippen LogP contribution in [0.2, 0.25) is 0 Å². The van der Waals surface area contributed by atoms with Crippen molar-refractivity contribution in [1.82, 2.24) is 10.2 Å². The van der Waals surface area contributed by atoms with Crippen LogP contribution in [0.15, 0.2) is 29.6 Å². The summed E-state index contributed by atoms with van der Waals surface area (Å²) in [6.07, 6.45) is 3.79. The Hall–Kier alpha value is -1.31. The van der Waals surface area contributed by atoms with Crippen molar-refractivity contribution in [1.29, 1.82) is 0 Å². The fourth-order valence-corrected chi connectivity index (χ4v) is 4.45. The van der Waals surface area contributed by atoms with Gasteiger partial charge in [0, 0.05) is 36.9 Å². The van der Waals surface area contributed by atoms with Gasteiger partial charge in [0.25, 0.3) is 0 Å². The Morgan fingerprint density at radius 1 is 1.12 bits per heavy atom. The molecule has 25 heavy (non-hydrogen) atoms. The largest absolute Gasteiger partial charge is 0.400 e. The Labute approximate surface area is 163 Å². The molecule has 0 amide bonds. The third kappa shape index (κ3) is 4.10. The molecule has 0 spiro atoms. The summed E-state index contributed by atoms with van der Waals surface area (Å²) < 4.78 is 1.21. The number of hydrogen-bond acceptors (Lipinski definition) is 5. The molecule has 0 unspecified atom stereocenters. The third-order valence-corrected chi connectivity index (χ3v) is 5.64. The van der Waals surface area contributed by atoms with Crippen LogP contribution in [-0.2, 0) is 18.6 Å². The fraction of sp³-hybridized carbons (Fsp3) is 0.389. The predicted octanol–water partition coefficient (Wildman–Crippen LogP) is 3.50. The van der Waals surface area contributed by atoms with E-state index in [9.17, 15) is 5.11 Å². The molecule has 2 heterocycles. The average molecular weight is 396 g/mol. The number of nitrogens with two attached hydrogens (primary N) is 1. The van der Waals surface area contributed by atoms with E-state index in [1.807, 2.05) is 24.3 Å². The normalized spacial score (nSPS) is 19.8. The maximum absolute atomic E-state index is 9.68. The number of nitrogens with zero attached hydrogens (tertiary/aromatic N) is 1. The molecule has 1 aliphatic rings. The molecule has 133 valence electrons. The molecular weight excluding hydrogens is 373 g/mol. The number of benzene rings is 1. The molecule has 1 aromatic carbocycles. The standard InChI is InChI=1S/C17H19N3OS.CH4O.V/c18-12-5-1-11(2-6-12)15-17-16(20-19-15)14(9-22-17)10-3-7-13(21)8-4-10;1-2;/h1-2,5-6,9-10,13,21H,3-4,7-8,18H2,(H,19,20);2H,1H3;. The molecule has 5 N–H and O–H groups in total. The van der Waals surface area contributed by atoms with E-state index in [0.29, 0.717) is 5.92 Å². The molecule has 7 heteroatoms. The maximum Gasteiger partial charge on any atom is 0.107 e. The molecule has 1 saturated carbocycles. The second-order valence-electron chi connectivity index (χ2n) is 6.09. The number of aromatic nitrogens is 2. The van der Waals surface area contributed by atoms with Crippen molar-refractivity contribution in [3.8, 4) is 11.3 Å². The Morgan fingerprint density at radius 3 is 2.40 bits per heavy atom. The van der Waals surface area contributed by atoms with Gasteiger partial charge < -0.3 is 15.9 Å².